The Bertz CT molecular complexity index is 416. The Morgan fingerprint density at radius 3 is 1.39 bits per heavy atom. The minimum Gasteiger partial charge on any atom is -0.541 e. The molecule has 0 fully saturated rings. The Kier molecular flexibility index (Phi) is 8.25. The third kappa shape index (κ3) is 3.76. The first-order valence-electron chi connectivity index (χ1n) is 4.95. The normalized spacial score (nSPS) is 10.1. The van der Waals surface area contributed by atoms with Gasteiger partial charge >= 0.3 is 24.3 Å². The van der Waals surface area contributed by atoms with Crippen LogP contribution < -0.4 is 10.4 Å². The van der Waals surface area contributed by atoms with Gasteiger partial charge in [-0.1, -0.05) is 60.7 Å². The highest BCUT2D eigenvalue weighted by Crippen LogP contribution is 2.10. The zero-order valence-corrected chi connectivity index (χ0v) is 14.0. The summed E-state index contributed by atoms with van der Waals surface area (Å²) in [4.78, 5) is 0. The number of hydrogen-bond acceptors (Lipinski definition) is 1. The number of benzene rings is 2. The molecule has 0 atom stereocenters. The van der Waals surface area contributed by atoms with Crippen molar-refractivity contribution in [3.8, 4) is 0 Å². The van der Waals surface area contributed by atoms with Crippen molar-refractivity contribution >= 4 is 70.5 Å². The molecule has 2 radical (unpaired) electrons. The molecular weight excluding hydrogens is 322 g/mol. The molecule has 0 N–H and O–H groups in total. The van der Waals surface area contributed by atoms with Crippen LogP contribution in [0.5, 0.6) is 0 Å². The molecule has 2 rings (SSSR count). The van der Waals surface area contributed by atoms with Gasteiger partial charge in [-0.25, -0.2) is 0 Å². The van der Waals surface area contributed by atoms with Crippen LogP contribution in [-0.4, -0.2) is 24.3 Å². The Morgan fingerprint density at radius 1 is 0.778 bits per heavy atom. The van der Waals surface area contributed by atoms with Gasteiger partial charge in [-0.15, -0.1) is 35.9 Å². The largest absolute Gasteiger partial charge is 0.541 e. The summed E-state index contributed by atoms with van der Waals surface area (Å²) in [5, 5.41) is 2.11. The van der Waals surface area contributed by atoms with E-state index in [-0.39, 0.29) is 24.8 Å². The molecule has 0 aliphatic carbocycles. The van der Waals surface area contributed by atoms with Crippen molar-refractivity contribution in [2.45, 2.75) is 0 Å². The third-order valence-electron chi connectivity index (χ3n) is 2.45. The lowest BCUT2D eigenvalue weighted by molar-refractivity contribution is 0.652. The molecule has 2 aromatic carbocycles. The molecule has 2 aromatic rings. The van der Waals surface area contributed by atoms with Gasteiger partial charge in [-0.2, -0.15) is 0 Å². The predicted molar refractivity (Wildman–Crippen MR) is 85.1 cm³/mol. The summed E-state index contributed by atoms with van der Waals surface area (Å²) in [6.07, 6.45) is 0. The van der Waals surface area contributed by atoms with Gasteiger partial charge in [-0.05, 0) is 10.4 Å². The van der Waals surface area contributed by atoms with Crippen molar-refractivity contribution < 1.29 is 3.48 Å². The first kappa shape index (κ1) is 18.0. The molecule has 6 heteroatoms. The fraction of sp³-hybridized carbons (Fsp3) is 0. The summed E-state index contributed by atoms with van der Waals surface area (Å²) in [5.41, 5.74) is 0. The minimum absolute atomic E-state index is 0. The van der Waals surface area contributed by atoms with E-state index in [1.54, 1.807) is 0 Å². The Labute approximate surface area is 134 Å². The van der Waals surface area contributed by atoms with Crippen molar-refractivity contribution in [2.75, 3.05) is 0 Å². The molecular formula is C12H12AlCl3OSi. The second-order valence-electron chi connectivity index (χ2n) is 3.45. The number of halogens is 3. The van der Waals surface area contributed by atoms with Crippen LogP contribution in [0.1, 0.15) is 0 Å². The molecule has 0 saturated heterocycles. The van der Waals surface area contributed by atoms with Crippen LogP contribution in [-0.2, 0) is 3.48 Å². The van der Waals surface area contributed by atoms with Gasteiger partial charge in [0.15, 0.2) is 0 Å². The van der Waals surface area contributed by atoms with Crippen LogP contribution in [0, 0.1) is 0 Å². The molecule has 0 aliphatic rings. The van der Waals surface area contributed by atoms with E-state index in [0.717, 1.165) is 10.4 Å². The minimum atomic E-state index is -2.54. The molecule has 0 heterocycles. The second kappa shape index (κ2) is 8.24. The topological polar surface area (TPSA) is 9.23 Å². The zero-order chi connectivity index (χ0) is 11.4. The highest BCUT2D eigenvalue weighted by Gasteiger charge is 2.34. The maximum Gasteiger partial charge on any atom is 0.355 e. The van der Waals surface area contributed by atoms with E-state index >= 15 is 0 Å². The molecule has 1 nitrogen and oxygen atoms in total. The maximum absolute atomic E-state index is 6.67. The van der Waals surface area contributed by atoms with Gasteiger partial charge in [0.2, 0.25) is 0 Å². The van der Waals surface area contributed by atoms with Crippen molar-refractivity contribution in [1.82, 2.24) is 0 Å². The lowest BCUT2D eigenvalue weighted by Crippen LogP contribution is -2.55. The molecule has 0 aliphatic heterocycles. The number of rotatable bonds is 3. The SMILES string of the molecule is Cl.Cl.[Al][O][Si](Cl)(c1ccccc1)c1ccccc1. The molecule has 94 valence electrons. The van der Waals surface area contributed by atoms with Crippen LogP contribution in [0.2, 0.25) is 0 Å². The average Bonchev–Trinajstić information content (AvgIpc) is 2.40. The van der Waals surface area contributed by atoms with Crippen LogP contribution in [0.25, 0.3) is 0 Å². The molecule has 0 saturated carbocycles. The van der Waals surface area contributed by atoms with Crippen LogP contribution in [0.3, 0.4) is 0 Å². The summed E-state index contributed by atoms with van der Waals surface area (Å²) in [7, 11) is -2.54. The van der Waals surface area contributed by atoms with Crippen molar-refractivity contribution in [3.63, 3.8) is 0 Å². The lowest BCUT2D eigenvalue weighted by atomic mass is 10.4. The van der Waals surface area contributed by atoms with E-state index in [0.29, 0.717) is 0 Å². The maximum atomic E-state index is 6.67. The van der Waals surface area contributed by atoms with E-state index in [1.165, 1.54) is 0 Å². The molecule has 0 aromatic heterocycles. The van der Waals surface area contributed by atoms with Crippen LogP contribution in [0.4, 0.5) is 0 Å². The highest BCUT2D eigenvalue weighted by atomic mass is 35.6. The van der Waals surface area contributed by atoms with Gasteiger partial charge in [0.05, 0.1) is 0 Å². The van der Waals surface area contributed by atoms with Gasteiger partial charge < -0.3 is 3.48 Å². The average molecular weight is 334 g/mol. The molecule has 0 bridgehead atoms. The van der Waals surface area contributed by atoms with Crippen LogP contribution >= 0.6 is 35.9 Å². The fourth-order valence-electron chi connectivity index (χ4n) is 1.61. The predicted octanol–water partition coefficient (Wildman–Crippen LogP) is 2.43. The molecule has 0 amide bonds. The van der Waals surface area contributed by atoms with Gasteiger partial charge in [0, 0.05) is 0 Å². The van der Waals surface area contributed by atoms with Crippen molar-refractivity contribution in [3.05, 3.63) is 60.7 Å². The third-order valence-corrected chi connectivity index (χ3v) is 8.01. The zero-order valence-electron chi connectivity index (χ0n) is 9.45. The van der Waals surface area contributed by atoms with Gasteiger partial charge in [0.1, 0.15) is 0 Å². The van der Waals surface area contributed by atoms with Crippen LogP contribution in [0.15, 0.2) is 60.7 Å². The monoisotopic (exact) mass is 332 g/mol. The summed E-state index contributed by atoms with van der Waals surface area (Å²) < 4.78 is 5.53. The number of hydrogen-bond donors (Lipinski definition) is 0. The quantitative estimate of drug-likeness (QED) is 0.619. The Hall–Kier alpha value is 0.0194. The van der Waals surface area contributed by atoms with Gasteiger partial charge in [-0.3, -0.25) is 0 Å². The summed E-state index contributed by atoms with van der Waals surface area (Å²) >= 11 is 8.97. The first-order chi connectivity index (χ1) is 7.77. The summed E-state index contributed by atoms with van der Waals surface area (Å²) in [6.45, 7) is 0. The molecule has 0 spiro atoms. The van der Waals surface area contributed by atoms with Crippen molar-refractivity contribution in [2.24, 2.45) is 0 Å². The molecule has 18 heavy (non-hydrogen) atoms. The summed E-state index contributed by atoms with van der Waals surface area (Å²) in [6, 6.07) is 19.9. The van der Waals surface area contributed by atoms with E-state index in [1.807, 2.05) is 60.7 Å². The van der Waals surface area contributed by atoms with Crippen molar-refractivity contribution in [1.29, 1.82) is 0 Å². The lowest BCUT2D eigenvalue weighted by Gasteiger charge is -2.25. The standard InChI is InChI=1S/C12H10ClOSi.Al.2ClH/c13-15(14,11-7-3-1-4-8-11)12-9-5-2-6-10-12;;;/h1-10H;;2*1H/q-1;+1;;. The Balaban J connectivity index is 0.00000144. The highest BCUT2D eigenvalue weighted by molar-refractivity contribution is 7.31. The van der Waals surface area contributed by atoms with Gasteiger partial charge in [0.25, 0.3) is 0 Å². The van der Waals surface area contributed by atoms with E-state index in [9.17, 15) is 0 Å². The van der Waals surface area contributed by atoms with E-state index in [4.69, 9.17) is 14.6 Å². The Morgan fingerprint density at radius 2 is 1.11 bits per heavy atom. The smallest absolute Gasteiger partial charge is 0.355 e. The first-order valence-corrected chi connectivity index (χ1v) is 8.34. The molecule has 0 unspecified atom stereocenters. The van der Waals surface area contributed by atoms with E-state index < -0.39 is 7.63 Å². The van der Waals surface area contributed by atoms with E-state index in [2.05, 4.69) is 16.6 Å². The second-order valence-corrected chi connectivity index (χ2v) is 8.33. The fourth-order valence-corrected chi connectivity index (χ4v) is 5.03. The summed E-state index contributed by atoms with van der Waals surface area (Å²) in [5.74, 6) is 0.